The molecular weight excluding hydrogens is 266 g/mol. The number of hydrogen-bond acceptors (Lipinski definition) is 4. The molecule has 1 rings (SSSR count). The topological polar surface area (TPSA) is 72.5 Å². The van der Waals surface area contributed by atoms with Crippen LogP contribution in [0.1, 0.15) is 31.9 Å². The van der Waals surface area contributed by atoms with Crippen molar-refractivity contribution in [1.29, 1.82) is 0 Å². The van der Waals surface area contributed by atoms with E-state index in [0.29, 0.717) is 5.56 Å². The summed E-state index contributed by atoms with van der Waals surface area (Å²) in [4.78, 5) is 11.4. The smallest absolute Gasteiger partial charge is 0.421 e. The fourth-order valence-electron chi connectivity index (χ4n) is 1.37. The van der Waals surface area contributed by atoms with E-state index in [1.54, 1.807) is 32.9 Å². The summed E-state index contributed by atoms with van der Waals surface area (Å²) in [6.07, 6.45) is -0.959. The van der Waals surface area contributed by atoms with Crippen LogP contribution in [-0.4, -0.2) is 20.1 Å². The van der Waals surface area contributed by atoms with E-state index in [1.807, 2.05) is 23.8 Å². The van der Waals surface area contributed by atoms with E-state index in [1.165, 1.54) is 0 Å². The van der Waals surface area contributed by atoms with Gasteiger partial charge in [-0.3, -0.25) is 0 Å². The zero-order chi connectivity index (χ0) is 14.7. The highest BCUT2D eigenvalue weighted by Crippen LogP contribution is 2.09. The normalized spacial score (nSPS) is 12.0. The summed E-state index contributed by atoms with van der Waals surface area (Å²) >= 11 is 0. The second kappa shape index (κ2) is 5.61. The number of hydrogen-bond donors (Lipinski definition) is 1. The van der Waals surface area contributed by atoms with Crippen LogP contribution in [0.15, 0.2) is 24.3 Å². The lowest BCUT2D eigenvalue weighted by molar-refractivity contribution is 0.0570. The average molecular weight is 285 g/mol. The Labute approximate surface area is 114 Å². The van der Waals surface area contributed by atoms with Gasteiger partial charge in [-0.2, -0.15) is 0 Å². The first-order valence-corrected chi connectivity index (χ1v) is 7.52. The van der Waals surface area contributed by atoms with Crippen molar-refractivity contribution in [1.82, 2.24) is 4.72 Å². The van der Waals surface area contributed by atoms with E-state index in [-0.39, 0.29) is 5.75 Å². The van der Waals surface area contributed by atoms with Gasteiger partial charge in [-0.1, -0.05) is 29.8 Å². The first-order valence-electron chi connectivity index (χ1n) is 5.86. The first-order chi connectivity index (χ1) is 8.57. The average Bonchev–Trinajstić information content (AvgIpc) is 2.17. The van der Waals surface area contributed by atoms with E-state index >= 15 is 0 Å². The van der Waals surface area contributed by atoms with Crippen molar-refractivity contribution in [2.45, 2.75) is 39.0 Å². The van der Waals surface area contributed by atoms with Crippen molar-refractivity contribution in [3.8, 4) is 0 Å². The zero-order valence-electron chi connectivity index (χ0n) is 11.6. The van der Waals surface area contributed by atoms with Gasteiger partial charge in [-0.25, -0.2) is 17.9 Å². The predicted octanol–water partition coefficient (Wildman–Crippen LogP) is 2.35. The summed E-state index contributed by atoms with van der Waals surface area (Å²) in [7, 11) is -3.74. The van der Waals surface area contributed by atoms with Gasteiger partial charge in [0.15, 0.2) is 0 Å². The molecule has 0 saturated carbocycles. The van der Waals surface area contributed by atoms with Gasteiger partial charge in [-0.05, 0) is 33.3 Å². The van der Waals surface area contributed by atoms with E-state index < -0.39 is 21.7 Å². The molecule has 0 radical (unpaired) electrons. The minimum atomic E-state index is -3.74. The van der Waals surface area contributed by atoms with Gasteiger partial charge in [-0.15, -0.1) is 0 Å². The summed E-state index contributed by atoms with van der Waals surface area (Å²) < 4.78 is 30.3. The van der Waals surface area contributed by atoms with Gasteiger partial charge < -0.3 is 4.74 Å². The molecule has 5 nitrogen and oxygen atoms in total. The van der Waals surface area contributed by atoms with Gasteiger partial charge in [0.05, 0.1) is 5.75 Å². The summed E-state index contributed by atoms with van der Waals surface area (Å²) in [5.74, 6) is -0.257. The predicted molar refractivity (Wildman–Crippen MR) is 73.2 cm³/mol. The molecule has 19 heavy (non-hydrogen) atoms. The fraction of sp³-hybridized carbons (Fsp3) is 0.462. The summed E-state index contributed by atoms with van der Waals surface area (Å²) in [6, 6.07) is 7.06. The van der Waals surface area contributed by atoms with Crippen LogP contribution in [0.25, 0.3) is 0 Å². The highest BCUT2D eigenvalue weighted by Gasteiger charge is 2.21. The third-order valence-electron chi connectivity index (χ3n) is 2.12. The number of benzene rings is 1. The lowest BCUT2D eigenvalue weighted by atomic mass is 10.2. The second-order valence-corrected chi connectivity index (χ2v) is 7.07. The Morgan fingerprint density at radius 1 is 1.21 bits per heavy atom. The molecule has 0 heterocycles. The quantitative estimate of drug-likeness (QED) is 0.925. The van der Waals surface area contributed by atoms with Crippen LogP contribution < -0.4 is 4.72 Å². The number of carbonyl (C=O) groups excluding carboxylic acids is 1. The SMILES string of the molecule is Cc1ccc(CS(=O)(=O)NC(=O)OC(C)(C)C)cc1. The lowest BCUT2D eigenvalue weighted by Gasteiger charge is -2.19. The van der Waals surface area contributed by atoms with Gasteiger partial charge in [0.1, 0.15) is 5.60 Å². The number of sulfonamides is 1. The Morgan fingerprint density at radius 2 is 1.74 bits per heavy atom. The zero-order valence-corrected chi connectivity index (χ0v) is 12.4. The number of ether oxygens (including phenoxy) is 1. The molecule has 0 fully saturated rings. The van der Waals surface area contributed by atoms with E-state index in [9.17, 15) is 13.2 Å². The van der Waals surface area contributed by atoms with E-state index in [4.69, 9.17) is 4.74 Å². The van der Waals surface area contributed by atoms with Crippen LogP contribution in [0.5, 0.6) is 0 Å². The molecule has 0 aliphatic rings. The molecule has 0 bridgehead atoms. The standard InChI is InChI=1S/C13H19NO4S/c1-10-5-7-11(8-6-10)9-19(16,17)14-12(15)18-13(2,3)4/h5-8H,9H2,1-4H3,(H,14,15). The largest absolute Gasteiger partial charge is 0.443 e. The molecule has 0 saturated heterocycles. The summed E-state index contributed by atoms with van der Waals surface area (Å²) in [6.45, 7) is 6.91. The van der Waals surface area contributed by atoms with Crippen LogP contribution >= 0.6 is 0 Å². The Bertz CT molecular complexity index is 541. The van der Waals surface area contributed by atoms with E-state index in [2.05, 4.69) is 0 Å². The number of carbonyl (C=O) groups is 1. The number of amides is 1. The van der Waals surface area contributed by atoms with Gasteiger partial charge in [0.2, 0.25) is 10.0 Å². The molecule has 0 unspecified atom stereocenters. The number of rotatable bonds is 3. The second-order valence-electron chi connectivity index (χ2n) is 5.35. The summed E-state index contributed by atoms with van der Waals surface area (Å²) in [5, 5.41) is 0. The lowest BCUT2D eigenvalue weighted by Crippen LogP contribution is -2.36. The van der Waals surface area contributed by atoms with Gasteiger partial charge in [0, 0.05) is 0 Å². The molecule has 0 spiro atoms. The number of nitrogens with one attached hydrogen (secondary N) is 1. The Hall–Kier alpha value is -1.56. The molecule has 1 amide bonds. The third-order valence-corrected chi connectivity index (χ3v) is 3.31. The maximum absolute atomic E-state index is 11.8. The molecule has 0 atom stereocenters. The first kappa shape index (κ1) is 15.5. The summed E-state index contributed by atoms with van der Waals surface area (Å²) in [5.41, 5.74) is 0.923. The molecule has 0 aliphatic heterocycles. The molecule has 0 aliphatic carbocycles. The molecule has 6 heteroatoms. The van der Waals surface area contributed by atoms with E-state index in [0.717, 1.165) is 5.56 Å². The highest BCUT2D eigenvalue weighted by atomic mass is 32.2. The van der Waals surface area contributed by atoms with Crippen molar-refractivity contribution < 1.29 is 17.9 Å². The maximum Gasteiger partial charge on any atom is 0.421 e. The van der Waals surface area contributed by atoms with Crippen LogP contribution in [0.2, 0.25) is 0 Å². The minimum absolute atomic E-state index is 0.257. The molecule has 1 aromatic carbocycles. The molecule has 1 N–H and O–H groups in total. The molecule has 106 valence electrons. The van der Waals surface area contributed by atoms with Gasteiger partial charge >= 0.3 is 6.09 Å². The Morgan fingerprint density at radius 3 is 2.21 bits per heavy atom. The fourth-order valence-corrected chi connectivity index (χ4v) is 2.36. The van der Waals surface area contributed by atoms with Crippen LogP contribution in [0, 0.1) is 6.92 Å². The number of aryl methyl sites for hydroxylation is 1. The third kappa shape index (κ3) is 6.24. The maximum atomic E-state index is 11.8. The van der Waals surface area contributed by atoms with Crippen LogP contribution in [0.4, 0.5) is 4.79 Å². The molecule has 0 aromatic heterocycles. The van der Waals surface area contributed by atoms with Crippen molar-refractivity contribution in [3.05, 3.63) is 35.4 Å². The van der Waals surface area contributed by atoms with Crippen LogP contribution in [0.3, 0.4) is 0 Å². The van der Waals surface area contributed by atoms with Crippen LogP contribution in [-0.2, 0) is 20.5 Å². The van der Waals surface area contributed by atoms with Crippen molar-refractivity contribution in [2.75, 3.05) is 0 Å². The minimum Gasteiger partial charge on any atom is -0.443 e. The highest BCUT2D eigenvalue weighted by molar-refractivity contribution is 7.89. The molecular formula is C13H19NO4S. The van der Waals surface area contributed by atoms with Crippen molar-refractivity contribution in [2.24, 2.45) is 0 Å². The Balaban J connectivity index is 2.67. The van der Waals surface area contributed by atoms with Crippen molar-refractivity contribution >= 4 is 16.1 Å². The van der Waals surface area contributed by atoms with Crippen molar-refractivity contribution in [3.63, 3.8) is 0 Å². The Kier molecular flexibility index (Phi) is 4.57. The van der Waals surface area contributed by atoms with Gasteiger partial charge in [0.25, 0.3) is 0 Å². The molecule has 1 aromatic rings. The monoisotopic (exact) mass is 285 g/mol.